The van der Waals surface area contributed by atoms with Crippen molar-refractivity contribution in [2.75, 3.05) is 10.0 Å². The standard InChI is InChI=1S/C23H20N4O5S2/c1-14-8-9-19-20(13-24)23(33-21(19)10-14)25-22(28)15-4-2-7-18(11-15)34(31,32)26-16-5-3-6-17(12-16)27(29)30/h2-7,11-12,14,26H,8-10H2,1H3,(H,25,28). The number of thiophene rings is 1. The van der Waals surface area contributed by atoms with Gasteiger partial charge in [0.15, 0.2) is 0 Å². The number of nitro groups is 1. The van der Waals surface area contributed by atoms with Crippen LogP contribution in [-0.4, -0.2) is 19.2 Å². The van der Waals surface area contributed by atoms with Crippen molar-refractivity contribution in [2.24, 2.45) is 5.92 Å². The normalized spacial score (nSPS) is 15.1. The van der Waals surface area contributed by atoms with Crippen molar-refractivity contribution >= 4 is 43.6 Å². The highest BCUT2D eigenvalue weighted by Gasteiger charge is 2.25. The van der Waals surface area contributed by atoms with Gasteiger partial charge in [-0.15, -0.1) is 11.3 Å². The molecule has 1 aromatic heterocycles. The summed E-state index contributed by atoms with van der Waals surface area (Å²) in [7, 11) is -4.11. The van der Waals surface area contributed by atoms with E-state index in [0.29, 0.717) is 16.5 Å². The number of carbonyl (C=O) groups excluding carboxylic acids is 1. The molecule has 0 bridgehead atoms. The summed E-state index contributed by atoms with van der Waals surface area (Å²) in [6.45, 7) is 2.15. The highest BCUT2D eigenvalue weighted by molar-refractivity contribution is 7.92. The number of rotatable bonds is 6. The third-order valence-corrected chi connectivity index (χ3v) is 8.12. The van der Waals surface area contributed by atoms with Gasteiger partial charge in [-0.1, -0.05) is 19.1 Å². The second-order valence-corrected chi connectivity index (χ2v) is 10.9. The van der Waals surface area contributed by atoms with E-state index >= 15 is 0 Å². The Morgan fingerprint density at radius 2 is 2.00 bits per heavy atom. The van der Waals surface area contributed by atoms with Crippen LogP contribution in [0, 0.1) is 27.4 Å². The molecule has 1 amide bonds. The summed E-state index contributed by atoms with van der Waals surface area (Å²) < 4.78 is 27.9. The number of sulfonamides is 1. The van der Waals surface area contributed by atoms with Crippen LogP contribution in [0.1, 0.15) is 39.7 Å². The third-order valence-electron chi connectivity index (χ3n) is 5.57. The van der Waals surface area contributed by atoms with Crippen LogP contribution in [-0.2, 0) is 22.9 Å². The Hall–Kier alpha value is -3.75. The molecule has 0 aliphatic heterocycles. The van der Waals surface area contributed by atoms with E-state index in [-0.39, 0.29) is 21.8 Å². The van der Waals surface area contributed by atoms with Gasteiger partial charge in [0.25, 0.3) is 21.6 Å². The van der Waals surface area contributed by atoms with Crippen LogP contribution < -0.4 is 10.0 Å². The van der Waals surface area contributed by atoms with Crippen LogP contribution in [0.5, 0.6) is 0 Å². The number of non-ortho nitro benzene ring substituents is 1. The third kappa shape index (κ3) is 4.78. The summed E-state index contributed by atoms with van der Waals surface area (Å²) in [6, 6.07) is 12.8. The molecule has 174 valence electrons. The number of anilines is 2. The number of nitrogens with zero attached hydrogens (tertiary/aromatic N) is 2. The quantitative estimate of drug-likeness (QED) is 0.374. The minimum atomic E-state index is -4.11. The predicted molar refractivity (Wildman–Crippen MR) is 129 cm³/mol. The Labute approximate surface area is 200 Å². The molecule has 4 rings (SSSR count). The van der Waals surface area contributed by atoms with Crippen LogP contribution >= 0.6 is 11.3 Å². The van der Waals surface area contributed by atoms with Crippen molar-refractivity contribution in [1.29, 1.82) is 5.26 Å². The molecule has 1 aliphatic carbocycles. The molecule has 1 aliphatic rings. The smallest absolute Gasteiger partial charge is 0.271 e. The molecular formula is C23H20N4O5S2. The Kier molecular flexibility index (Phi) is 6.37. The summed E-state index contributed by atoms with van der Waals surface area (Å²) >= 11 is 1.39. The molecule has 0 saturated carbocycles. The van der Waals surface area contributed by atoms with Gasteiger partial charge in [-0.25, -0.2) is 8.42 Å². The van der Waals surface area contributed by atoms with Crippen LogP contribution in [0.25, 0.3) is 0 Å². The fraction of sp³-hybridized carbons (Fsp3) is 0.217. The molecule has 0 fully saturated rings. The number of hydrogen-bond acceptors (Lipinski definition) is 7. The molecule has 1 unspecified atom stereocenters. The highest BCUT2D eigenvalue weighted by atomic mass is 32.2. The summed E-state index contributed by atoms with van der Waals surface area (Å²) in [5.41, 5.74) is 1.33. The lowest BCUT2D eigenvalue weighted by atomic mass is 9.88. The van der Waals surface area contributed by atoms with Crippen LogP contribution in [0.4, 0.5) is 16.4 Å². The van der Waals surface area contributed by atoms with Gasteiger partial charge in [0.1, 0.15) is 11.1 Å². The number of amides is 1. The van der Waals surface area contributed by atoms with E-state index in [4.69, 9.17) is 0 Å². The van der Waals surface area contributed by atoms with Crippen molar-refractivity contribution in [1.82, 2.24) is 0 Å². The van der Waals surface area contributed by atoms with E-state index in [1.807, 2.05) is 0 Å². The van der Waals surface area contributed by atoms with E-state index in [0.717, 1.165) is 35.8 Å². The van der Waals surface area contributed by atoms with Crippen molar-refractivity contribution in [2.45, 2.75) is 31.1 Å². The molecule has 2 aromatic carbocycles. The maximum absolute atomic E-state index is 12.9. The largest absolute Gasteiger partial charge is 0.312 e. The van der Waals surface area contributed by atoms with Gasteiger partial charge in [0.05, 0.1) is 21.1 Å². The number of fused-ring (bicyclic) bond motifs is 1. The topological polar surface area (TPSA) is 142 Å². The van der Waals surface area contributed by atoms with Crippen molar-refractivity contribution in [3.63, 3.8) is 0 Å². The second-order valence-electron chi connectivity index (χ2n) is 8.06. The fourth-order valence-corrected chi connectivity index (χ4v) is 6.29. The first-order valence-corrected chi connectivity index (χ1v) is 12.7. The van der Waals surface area contributed by atoms with E-state index in [1.165, 1.54) is 53.8 Å². The lowest BCUT2D eigenvalue weighted by Crippen LogP contribution is -2.16. The van der Waals surface area contributed by atoms with Gasteiger partial charge in [-0.3, -0.25) is 19.6 Å². The minimum absolute atomic E-state index is 0.0288. The monoisotopic (exact) mass is 496 g/mol. The van der Waals surface area contributed by atoms with E-state index in [1.54, 1.807) is 0 Å². The fourth-order valence-electron chi connectivity index (χ4n) is 3.83. The average Bonchev–Trinajstić information content (AvgIpc) is 3.14. The molecule has 11 heteroatoms. The first-order chi connectivity index (χ1) is 16.2. The molecular weight excluding hydrogens is 476 g/mol. The Morgan fingerprint density at radius 1 is 1.24 bits per heavy atom. The first-order valence-electron chi connectivity index (χ1n) is 10.4. The lowest BCUT2D eigenvalue weighted by molar-refractivity contribution is -0.384. The molecule has 34 heavy (non-hydrogen) atoms. The molecule has 1 atom stereocenters. The van der Waals surface area contributed by atoms with Crippen molar-refractivity contribution in [3.05, 3.63) is 80.2 Å². The zero-order valence-corrected chi connectivity index (χ0v) is 19.7. The van der Waals surface area contributed by atoms with Crippen molar-refractivity contribution < 1.29 is 18.1 Å². The van der Waals surface area contributed by atoms with E-state index in [9.17, 15) is 28.6 Å². The Morgan fingerprint density at radius 3 is 2.74 bits per heavy atom. The number of nitriles is 1. The molecule has 0 spiro atoms. The summed E-state index contributed by atoms with van der Waals surface area (Å²) in [6.07, 6.45) is 2.65. The molecule has 0 radical (unpaired) electrons. The molecule has 3 aromatic rings. The van der Waals surface area contributed by atoms with Gasteiger partial charge >= 0.3 is 0 Å². The molecule has 1 heterocycles. The molecule has 2 N–H and O–H groups in total. The van der Waals surface area contributed by atoms with Crippen LogP contribution in [0.2, 0.25) is 0 Å². The maximum Gasteiger partial charge on any atom is 0.271 e. The molecule has 0 saturated heterocycles. The predicted octanol–water partition coefficient (Wildman–Crippen LogP) is 4.71. The van der Waals surface area contributed by atoms with Crippen molar-refractivity contribution in [3.8, 4) is 6.07 Å². The highest BCUT2D eigenvalue weighted by Crippen LogP contribution is 2.39. The summed E-state index contributed by atoms with van der Waals surface area (Å²) in [5.74, 6) is -0.0165. The first kappa shape index (κ1) is 23.4. The van der Waals surface area contributed by atoms with Gasteiger partial charge < -0.3 is 5.32 Å². The van der Waals surface area contributed by atoms with Crippen LogP contribution in [0.15, 0.2) is 53.4 Å². The van der Waals surface area contributed by atoms with Gasteiger partial charge in [0.2, 0.25) is 0 Å². The summed E-state index contributed by atoms with van der Waals surface area (Å²) in [5, 5.41) is 23.8. The summed E-state index contributed by atoms with van der Waals surface area (Å²) in [4.78, 5) is 24.2. The zero-order valence-electron chi connectivity index (χ0n) is 18.1. The average molecular weight is 497 g/mol. The zero-order chi connectivity index (χ0) is 24.5. The van der Waals surface area contributed by atoms with Gasteiger partial charge in [0, 0.05) is 22.6 Å². The number of carbonyl (C=O) groups is 1. The Bertz CT molecular complexity index is 1440. The lowest BCUT2D eigenvalue weighted by Gasteiger charge is -2.17. The minimum Gasteiger partial charge on any atom is -0.312 e. The number of hydrogen-bond donors (Lipinski definition) is 2. The Balaban J connectivity index is 1.57. The van der Waals surface area contributed by atoms with Gasteiger partial charge in [-0.2, -0.15) is 5.26 Å². The number of nitrogens with one attached hydrogen (secondary N) is 2. The number of nitro benzene ring substituents is 1. The van der Waals surface area contributed by atoms with Gasteiger partial charge in [-0.05, 0) is 55.0 Å². The second kappa shape index (κ2) is 9.24. The van der Waals surface area contributed by atoms with E-state index in [2.05, 4.69) is 23.0 Å². The number of benzene rings is 2. The van der Waals surface area contributed by atoms with Crippen LogP contribution in [0.3, 0.4) is 0 Å². The molecule has 9 nitrogen and oxygen atoms in total. The SMILES string of the molecule is CC1CCc2c(sc(NC(=O)c3cccc(S(=O)(=O)Nc4cccc([N+](=O)[O-])c4)c3)c2C#N)C1. The van der Waals surface area contributed by atoms with E-state index < -0.39 is 20.9 Å². The maximum atomic E-state index is 12.9.